The van der Waals surface area contributed by atoms with Crippen LogP contribution in [0.25, 0.3) is 0 Å². The number of rotatable bonds is 12. The molecule has 178 valence electrons. The van der Waals surface area contributed by atoms with Crippen molar-refractivity contribution < 1.29 is 23.5 Å². The first kappa shape index (κ1) is 25.8. The molecule has 1 atom stereocenters. The van der Waals surface area contributed by atoms with Gasteiger partial charge in [-0.15, -0.1) is 0 Å². The van der Waals surface area contributed by atoms with Gasteiger partial charge in [0.05, 0.1) is 19.4 Å². The van der Waals surface area contributed by atoms with Gasteiger partial charge in [0, 0.05) is 5.56 Å². The van der Waals surface area contributed by atoms with E-state index in [0.717, 1.165) is 18.4 Å². The Hall–Kier alpha value is -3.42. The van der Waals surface area contributed by atoms with Gasteiger partial charge in [-0.25, -0.2) is 9.82 Å². The summed E-state index contributed by atoms with van der Waals surface area (Å²) in [5.74, 6) is -0.278. The fraction of sp³-hybridized carbons (Fsp3) is 0.400. The van der Waals surface area contributed by atoms with Crippen LogP contribution in [0.4, 0.5) is 4.39 Å². The second-order valence-corrected chi connectivity index (χ2v) is 7.78. The van der Waals surface area contributed by atoms with Gasteiger partial charge in [0.15, 0.2) is 11.5 Å². The van der Waals surface area contributed by atoms with E-state index >= 15 is 0 Å². The molecule has 0 aliphatic carbocycles. The number of halogens is 1. The van der Waals surface area contributed by atoms with Crippen LogP contribution in [0, 0.1) is 11.7 Å². The molecule has 33 heavy (non-hydrogen) atoms. The maximum absolute atomic E-state index is 13.1. The van der Waals surface area contributed by atoms with Crippen molar-refractivity contribution in [3.63, 3.8) is 0 Å². The van der Waals surface area contributed by atoms with E-state index in [-0.39, 0.29) is 11.5 Å². The molecule has 7 nitrogen and oxygen atoms in total. The summed E-state index contributed by atoms with van der Waals surface area (Å²) in [5.41, 5.74) is 3.46. The van der Waals surface area contributed by atoms with Crippen molar-refractivity contribution in [2.24, 2.45) is 11.0 Å². The van der Waals surface area contributed by atoms with Crippen LogP contribution < -0.4 is 20.2 Å². The van der Waals surface area contributed by atoms with Crippen molar-refractivity contribution in [1.82, 2.24) is 10.7 Å². The average Bonchev–Trinajstić information content (AvgIpc) is 2.79. The summed E-state index contributed by atoms with van der Waals surface area (Å²) in [6.07, 6.45) is 3.49. The highest BCUT2D eigenvalue weighted by Crippen LogP contribution is 2.28. The number of amides is 2. The fourth-order valence-corrected chi connectivity index (χ4v) is 2.92. The Labute approximate surface area is 194 Å². The van der Waals surface area contributed by atoms with Crippen molar-refractivity contribution in [3.8, 4) is 11.5 Å². The molecule has 0 saturated heterocycles. The van der Waals surface area contributed by atoms with E-state index in [1.807, 2.05) is 32.9 Å². The number of ether oxygens (including phenoxy) is 2. The first-order chi connectivity index (χ1) is 15.8. The van der Waals surface area contributed by atoms with Gasteiger partial charge in [0.2, 0.25) is 0 Å². The summed E-state index contributed by atoms with van der Waals surface area (Å²) in [5, 5.41) is 6.70. The first-order valence-electron chi connectivity index (χ1n) is 11.1. The molecular formula is C25H32FN3O4. The normalized spacial score (nSPS) is 11.9. The molecule has 0 spiro atoms. The smallest absolute Gasteiger partial charge is 0.262 e. The number of nitrogens with zero attached hydrogens (tertiary/aromatic N) is 1. The average molecular weight is 458 g/mol. The number of unbranched alkanes of at least 4 members (excludes halogenated alkanes) is 1. The van der Waals surface area contributed by atoms with E-state index in [1.165, 1.54) is 30.5 Å². The molecule has 2 rings (SSSR count). The molecule has 0 heterocycles. The highest BCUT2D eigenvalue weighted by Gasteiger charge is 2.24. The summed E-state index contributed by atoms with van der Waals surface area (Å²) in [6, 6.07) is 9.72. The van der Waals surface area contributed by atoms with Gasteiger partial charge in [-0.1, -0.05) is 27.2 Å². The predicted octanol–water partition coefficient (Wildman–Crippen LogP) is 4.31. The number of benzene rings is 2. The quantitative estimate of drug-likeness (QED) is 0.282. The van der Waals surface area contributed by atoms with Gasteiger partial charge in [-0.2, -0.15) is 5.10 Å². The van der Waals surface area contributed by atoms with Crippen molar-refractivity contribution in [2.75, 3.05) is 13.2 Å². The van der Waals surface area contributed by atoms with Crippen LogP contribution in [0.5, 0.6) is 11.5 Å². The highest BCUT2D eigenvalue weighted by atomic mass is 19.1. The van der Waals surface area contributed by atoms with E-state index in [9.17, 15) is 14.0 Å². The molecule has 2 N–H and O–H groups in total. The Morgan fingerprint density at radius 3 is 2.42 bits per heavy atom. The Kier molecular flexibility index (Phi) is 10.3. The summed E-state index contributed by atoms with van der Waals surface area (Å²) in [6.45, 7) is 8.71. The van der Waals surface area contributed by atoms with Gasteiger partial charge in [-0.3, -0.25) is 9.59 Å². The summed E-state index contributed by atoms with van der Waals surface area (Å²) >= 11 is 0. The molecule has 2 aromatic carbocycles. The van der Waals surface area contributed by atoms with E-state index in [2.05, 4.69) is 22.8 Å². The minimum atomic E-state index is -0.812. The number of hydrazone groups is 1. The van der Waals surface area contributed by atoms with E-state index < -0.39 is 23.7 Å². The number of nitrogens with one attached hydrogen (secondary N) is 2. The summed E-state index contributed by atoms with van der Waals surface area (Å²) in [7, 11) is 0. The molecule has 0 aromatic heterocycles. The van der Waals surface area contributed by atoms with Crippen LogP contribution in [-0.2, 0) is 4.79 Å². The Morgan fingerprint density at radius 1 is 1.06 bits per heavy atom. The largest absolute Gasteiger partial charge is 0.490 e. The van der Waals surface area contributed by atoms with Gasteiger partial charge >= 0.3 is 0 Å². The molecule has 0 aliphatic rings. The minimum absolute atomic E-state index is 0.186. The standard InChI is InChI=1S/C25H32FN3O4/c1-5-7-14-33-21-13-8-18(15-22(21)32-6-2)16-27-29-25(31)23(17(3)4)28-24(30)19-9-11-20(26)12-10-19/h8-13,15-17,23H,5-7,14H2,1-4H3,(H,28,30)(H,29,31)/b27-16+. The summed E-state index contributed by atoms with van der Waals surface area (Å²) < 4.78 is 24.5. The lowest BCUT2D eigenvalue weighted by Gasteiger charge is -2.20. The maximum Gasteiger partial charge on any atom is 0.262 e. The third-order valence-corrected chi connectivity index (χ3v) is 4.75. The van der Waals surface area contributed by atoms with Gasteiger partial charge in [0.25, 0.3) is 11.8 Å². The Bertz CT molecular complexity index is 945. The Balaban J connectivity index is 2.02. The summed E-state index contributed by atoms with van der Waals surface area (Å²) in [4.78, 5) is 25.0. The monoisotopic (exact) mass is 457 g/mol. The van der Waals surface area contributed by atoms with Crippen molar-refractivity contribution in [3.05, 3.63) is 59.4 Å². The molecular weight excluding hydrogens is 425 g/mol. The van der Waals surface area contributed by atoms with E-state index in [1.54, 1.807) is 6.07 Å². The number of hydrogen-bond acceptors (Lipinski definition) is 5. The third kappa shape index (κ3) is 8.21. The van der Waals surface area contributed by atoms with Crippen LogP contribution in [0.2, 0.25) is 0 Å². The topological polar surface area (TPSA) is 89.0 Å². The lowest BCUT2D eigenvalue weighted by molar-refractivity contribution is -0.123. The van der Waals surface area contributed by atoms with Crippen molar-refractivity contribution in [1.29, 1.82) is 0 Å². The first-order valence-corrected chi connectivity index (χ1v) is 11.1. The van der Waals surface area contributed by atoms with Gasteiger partial charge < -0.3 is 14.8 Å². The number of carbonyl (C=O) groups excluding carboxylic acids is 2. The minimum Gasteiger partial charge on any atom is -0.490 e. The molecule has 1 unspecified atom stereocenters. The van der Waals surface area contributed by atoms with E-state index in [4.69, 9.17) is 9.47 Å². The zero-order chi connectivity index (χ0) is 24.2. The molecule has 2 aromatic rings. The second kappa shape index (κ2) is 13.2. The van der Waals surface area contributed by atoms with Crippen LogP contribution >= 0.6 is 0 Å². The molecule has 0 radical (unpaired) electrons. The van der Waals surface area contributed by atoms with Crippen molar-refractivity contribution >= 4 is 18.0 Å². The second-order valence-electron chi connectivity index (χ2n) is 7.78. The van der Waals surface area contributed by atoms with Crippen LogP contribution in [-0.4, -0.2) is 37.3 Å². The van der Waals surface area contributed by atoms with Gasteiger partial charge in [0.1, 0.15) is 11.9 Å². The lowest BCUT2D eigenvalue weighted by Crippen LogP contribution is -2.48. The SMILES string of the molecule is CCCCOc1ccc(/C=N/NC(=O)C(NC(=O)c2ccc(F)cc2)C(C)C)cc1OCC. The number of hydrogen-bond donors (Lipinski definition) is 2. The molecule has 0 saturated carbocycles. The molecule has 0 aliphatic heterocycles. The fourth-order valence-electron chi connectivity index (χ4n) is 2.92. The lowest BCUT2D eigenvalue weighted by atomic mass is 10.0. The zero-order valence-electron chi connectivity index (χ0n) is 19.6. The third-order valence-electron chi connectivity index (χ3n) is 4.75. The highest BCUT2D eigenvalue weighted by molar-refractivity contribution is 5.97. The zero-order valence-corrected chi connectivity index (χ0v) is 19.6. The molecule has 2 amide bonds. The molecule has 0 fully saturated rings. The van der Waals surface area contributed by atoms with E-state index in [0.29, 0.717) is 24.7 Å². The van der Waals surface area contributed by atoms with Crippen molar-refractivity contribution in [2.45, 2.75) is 46.6 Å². The Morgan fingerprint density at radius 2 is 1.79 bits per heavy atom. The molecule has 8 heteroatoms. The molecule has 0 bridgehead atoms. The predicted molar refractivity (Wildman–Crippen MR) is 126 cm³/mol. The maximum atomic E-state index is 13.1. The van der Waals surface area contributed by atoms with Crippen LogP contribution in [0.3, 0.4) is 0 Å². The van der Waals surface area contributed by atoms with Crippen LogP contribution in [0.1, 0.15) is 56.5 Å². The van der Waals surface area contributed by atoms with Gasteiger partial charge in [-0.05, 0) is 67.3 Å². The van der Waals surface area contributed by atoms with Crippen LogP contribution in [0.15, 0.2) is 47.6 Å². The number of carbonyl (C=O) groups is 2.